The van der Waals surface area contributed by atoms with Crippen LogP contribution < -0.4 is 15.5 Å². The van der Waals surface area contributed by atoms with Gasteiger partial charge in [0.25, 0.3) is 0 Å². The second-order valence-electron chi connectivity index (χ2n) is 9.69. The van der Waals surface area contributed by atoms with E-state index < -0.39 is 0 Å². The number of rotatable bonds is 8. The average Bonchev–Trinajstić information content (AvgIpc) is 2.93. The van der Waals surface area contributed by atoms with E-state index in [4.69, 9.17) is 4.98 Å². The van der Waals surface area contributed by atoms with Gasteiger partial charge >= 0.3 is 0 Å². The van der Waals surface area contributed by atoms with Crippen molar-refractivity contribution >= 4 is 40.1 Å². The van der Waals surface area contributed by atoms with Gasteiger partial charge in [0.1, 0.15) is 16.9 Å². The van der Waals surface area contributed by atoms with Crippen LogP contribution in [0.2, 0.25) is 0 Å². The third-order valence-electron chi connectivity index (χ3n) is 6.35. The summed E-state index contributed by atoms with van der Waals surface area (Å²) in [5, 5.41) is 6.14. The molecule has 1 aliphatic heterocycles. The number of hydrogen-bond donors (Lipinski definition) is 2. The van der Waals surface area contributed by atoms with E-state index in [0.717, 1.165) is 43.2 Å². The van der Waals surface area contributed by atoms with Crippen molar-refractivity contribution < 1.29 is 4.79 Å². The van der Waals surface area contributed by atoms with Crippen molar-refractivity contribution in [3.8, 4) is 11.3 Å². The molecule has 0 aromatic carbocycles. The topological polar surface area (TPSA) is 115 Å². The molecular weight excluding hydrogens is 492 g/mol. The molecular formula is C28H32N10O. The van der Waals surface area contributed by atoms with Gasteiger partial charge in [-0.15, -0.1) is 0 Å². The molecule has 1 fully saturated rings. The Morgan fingerprint density at radius 1 is 0.974 bits per heavy atom. The van der Waals surface area contributed by atoms with E-state index in [1.54, 1.807) is 30.9 Å². The van der Waals surface area contributed by atoms with E-state index in [1.165, 1.54) is 6.08 Å². The molecule has 0 aliphatic carbocycles. The Kier molecular flexibility index (Phi) is 7.99. The Morgan fingerprint density at radius 3 is 2.56 bits per heavy atom. The van der Waals surface area contributed by atoms with Gasteiger partial charge in [-0.25, -0.2) is 15.0 Å². The Labute approximate surface area is 227 Å². The molecule has 4 aromatic rings. The molecule has 5 heterocycles. The lowest BCUT2D eigenvalue weighted by Crippen LogP contribution is -2.44. The average molecular weight is 525 g/mol. The predicted molar refractivity (Wildman–Crippen MR) is 154 cm³/mol. The third kappa shape index (κ3) is 6.70. The molecule has 39 heavy (non-hydrogen) atoms. The summed E-state index contributed by atoms with van der Waals surface area (Å²) in [6.07, 6.45) is 10.2. The molecule has 0 bridgehead atoms. The number of pyridine rings is 3. The normalized spacial score (nSPS) is 14.3. The molecule has 1 aliphatic rings. The highest BCUT2D eigenvalue weighted by molar-refractivity contribution is 6.00. The number of piperazine rings is 1. The van der Waals surface area contributed by atoms with Crippen molar-refractivity contribution in [1.29, 1.82) is 0 Å². The Morgan fingerprint density at radius 2 is 1.79 bits per heavy atom. The van der Waals surface area contributed by atoms with E-state index in [2.05, 4.69) is 47.4 Å². The Bertz CT molecular complexity index is 1460. The quantitative estimate of drug-likeness (QED) is 0.333. The molecule has 0 unspecified atom stereocenters. The predicted octanol–water partition coefficient (Wildman–Crippen LogP) is 3.03. The minimum absolute atomic E-state index is 0.199. The third-order valence-corrected chi connectivity index (χ3v) is 6.35. The number of carbonyl (C=O) groups excluding carboxylic acids is 1. The van der Waals surface area contributed by atoms with Crippen LogP contribution in [0.1, 0.15) is 0 Å². The highest BCUT2D eigenvalue weighted by Gasteiger charge is 2.15. The van der Waals surface area contributed by atoms with Crippen molar-refractivity contribution in [3.05, 3.63) is 67.3 Å². The van der Waals surface area contributed by atoms with Gasteiger partial charge in [-0.1, -0.05) is 6.08 Å². The zero-order valence-corrected chi connectivity index (χ0v) is 22.4. The number of nitrogens with one attached hydrogen (secondary N) is 2. The van der Waals surface area contributed by atoms with E-state index in [9.17, 15) is 4.79 Å². The maximum Gasteiger partial charge on any atom is 0.248 e. The first-order valence-electron chi connectivity index (χ1n) is 12.8. The Hall–Kier alpha value is -4.48. The van der Waals surface area contributed by atoms with Gasteiger partial charge in [0.15, 0.2) is 0 Å². The Balaban J connectivity index is 1.34. The maximum atomic E-state index is 12.3. The zero-order valence-electron chi connectivity index (χ0n) is 22.4. The van der Waals surface area contributed by atoms with Crippen molar-refractivity contribution in [3.63, 3.8) is 0 Å². The summed E-state index contributed by atoms with van der Waals surface area (Å²) in [4.78, 5) is 41.7. The highest BCUT2D eigenvalue weighted by atomic mass is 16.1. The van der Waals surface area contributed by atoms with Gasteiger partial charge in [0.2, 0.25) is 11.9 Å². The summed E-state index contributed by atoms with van der Waals surface area (Å²) < 4.78 is 0. The molecule has 0 atom stereocenters. The molecule has 2 N–H and O–H groups in total. The molecule has 200 valence electrons. The van der Waals surface area contributed by atoms with Crippen molar-refractivity contribution in [2.75, 3.05) is 69.4 Å². The van der Waals surface area contributed by atoms with Gasteiger partial charge < -0.3 is 25.3 Å². The van der Waals surface area contributed by atoms with Crippen LogP contribution in [0.3, 0.4) is 0 Å². The number of aromatic nitrogens is 5. The smallest absolute Gasteiger partial charge is 0.248 e. The van der Waals surface area contributed by atoms with Crippen LogP contribution in [0.4, 0.5) is 23.1 Å². The molecule has 0 spiro atoms. The summed E-state index contributed by atoms with van der Waals surface area (Å²) in [6.45, 7) is 4.67. The first kappa shape index (κ1) is 26.1. The standard InChI is InChI=1S/C28H32N10O/c1-36(2)12-4-5-26(39)33-20-8-10-29-23(17-20)22-9-11-30-24-19-32-28(35-27(22)24)34-21-6-7-25(31-18-21)38-15-13-37(3)14-16-38/h4-11,17-19H,12-16H2,1-3H3,(H,29,33,39)(H,32,34,35)/b5-4+. The zero-order chi connectivity index (χ0) is 27.2. The second kappa shape index (κ2) is 11.9. The first-order chi connectivity index (χ1) is 18.9. The SMILES string of the molecule is CN(C)C/C=C/C(=O)Nc1ccnc(-c2ccnc3cnc(Nc4ccc(N5CCN(C)CC5)nc4)nc23)c1. The van der Waals surface area contributed by atoms with Gasteiger partial charge in [-0.2, -0.15) is 0 Å². The lowest BCUT2D eigenvalue weighted by atomic mass is 10.1. The number of hydrogen-bond acceptors (Lipinski definition) is 10. The molecule has 4 aromatic heterocycles. The lowest BCUT2D eigenvalue weighted by Gasteiger charge is -2.33. The summed E-state index contributed by atoms with van der Waals surface area (Å²) in [5.41, 5.74) is 4.18. The maximum absolute atomic E-state index is 12.3. The van der Waals surface area contributed by atoms with Gasteiger partial charge in [0, 0.05) is 62.4 Å². The van der Waals surface area contributed by atoms with Crippen LogP contribution in [0.5, 0.6) is 0 Å². The van der Waals surface area contributed by atoms with Crippen molar-refractivity contribution in [1.82, 2.24) is 34.7 Å². The summed E-state index contributed by atoms with van der Waals surface area (Å²) >= 11 is 0. The van der Waals surface area contributed by atoms with Crippen LogP contribution in [0.15, 0.2) is 67.3 Å². The molecule has 11 nitrogen and oxygen atoms in total. The van der Waals surface area contributed by atoms with E-state index in [1.807, 2.05) is 49.3 Å². The fraction of sp³-hybridized carbons (Fsp3) is 0.286. The van der Waals surface area contributed by atoms with Crippen LogP contribution in [-0.2, 0) is 4.79 Å². The largest absolute Gasteiger partial charge is 0.354 e. The minimum Gasteiger partial charge on any atom is -0.354 e. The van der Waals surface area contributed by atoms with Crippen LogP contribution >= 0.6 is 0 Å². The molecule has 0 saturated carbocycles. The van der Waals surface area contributed by atoms with Crippen molar-refractivity contribution in [2.24, 2.45) is 0 Å². The highest BCUT2D eigenvalue weighted by Crippen LogP contribution is 2.27. The monoisotopic (exact) mass is 524 g/mol. The number of likely N-dealkylation sites (N-methyl/N-ethyl adjacent to an activating group) is 2. The number of anilines is 4. The summed E-state index contributed by atoms with van der Waals surface area (Å²) in [6, 6.07) is 9.44. The van der Waals surface area contributed by atoms with Gasteiger partial charge in [-0.05, 0) is 51.5 Å². The summed E-state index contributed by atoms with van der Waals surface area (Å²) in [7, 11) is 6.03. The van der Waals surface area contributed by atoms with Crippen LogP contribution in [-0.4, -0.2) is 94.5 Å². The number of carbonyl (C=O) groups is 1. The van der Waals surface area contributed by atoms with Crippen LogP contribution in [0, 0.1) is 0 Å². The van der Waals surface area contributed by atoms with Gasteiger partial charge in [-0.3, -0.25) is 14.8 Å². The number of amides is 1. The summed E-state index contributed by atoms with van der Waals surface area (Å²) in [5.74, 6) is 1.20. The first-order valence-corrected chi connectivity index (χ1v) is 12.8. The second-order valence-corrected chi connectivity index (χ2v) is 9.69. The molecule has 11 heteroatoms. The van der Waals surface area contributed by atoms with Gasteiger partial charge in [0.05, 0.1) is 23.8 Å². The van der Waals surface area contributed by atoms with Crippen molar-refractivity contribution in [2.45, 2.75) is 0 Å². The number of fused-ring (bicyclic) bond motifs is 1. The lowest BCUT2D eigenvalue weighted by molar-refractivity contribution is -0.111. The van der Waals surface area contributed by atoms with Crippen LogP contribution in [0.25, 0.3) is 22.3 Å². The van der Waals surface area contributed by atoms with E-state index in [-0.39, 0.29) is 5.91 Å². The van der Waals surface area contributed by atoms with E-state index >= 15 is 0 Å². The molecule has 1 saturated heterocycles. The minimum atomic E-state index is -0.199. The molecule has 5 rings (SSSR count). The molecule has 1 amide bonds. The van der Waals surface area contributed by atoms with E-state index in [0.29, 0.717) is 34.9 Å². The fourth-order valence-corrected chi connectivity index (χ4v) is 4.23. The molecule has 0 radical (unpaired) electrons. The fourth-order valence-electron chi connectivity index (χ4n) is 4.23. The number of nitrogens with zero attached hydrogens (tertiary/aromatic N) is 8.